The number of carboxylic acids is 1. The molecule has 4 aliphatic heterocycles. The highest BCUT2D eigenvalue weighted by Gasteiger charge is 2.52. The molecule has 2 unspecified atom stereocenters. The lowest BCUT2D eigenvalue weighted by Crippen LogP contribution is -2.50. The molecule has 0 saturated carbocycles. The van der Waals surface area contributed by atoms with Gasteiger partial charge in [-0.05, 0) is 146 Å². The van der Waals surface area contributed by atoms with E-state index in [-0.39, 0.29) is 57.2 Å². The van der Waals surface area contributed by atoms with E-state index in [1.54, 1.807) is 90.8 Å². The zero-order valence-corrected chi connectivity index (χ0v) is 46.8. The highest BCUT2D eigenvalue weighted by Crippen LogP contribution is 2.40. The van der Waals surface area contributed by atoms with Crippen LogP contribution in [-0.2, 0) is 35.8 Å². The molecule has 0 aromatic heterocycles. The number of rotatable bonds is 15. The first-order valence-corrected chi connectivity index (χ1v) is 26.4. The van der Waals surface area contributed by atoms with Gasteiger partial charge in [0, 0.05) is 70.8 Å². The lowest BCUT2D eigenvalue weighted by atomic mass is 9.79. The van der Waals surface area contributed by atoms with Gasteiger partial charge in [-0.2, -0.15) is 20.2 Å². The Morgan fingerprint density at radius 3 is 1.36 bits per heavy atom. The van der Waals surface area contributed by atoms with Crippen LogP contribution in [-0.4, -0.2) is 105 Å². The van der Waals surface area contributed by atoms with Crippen LogP contribution >= 0.6 is 0 Å². The second-order valence-electron chi connectivity index (χ2n) is 20.7. The number of carbonyl (C=O) groups is 4. The molecule has 4 heterocycles. The molecule has 19 heteroatoms. The number of methoxy groups -OCH3 is 4. The molecule has 84 heavy (non-hydrogen) atoms. The van der Waals surface area contributed by atoms with Crippen LogP contribution in [0, 0.1) is 36.3 Å². The summed E-state index contributed by atoms with van der Waals surface area (Å²) in [5.74, 6) is 0.768. The summed E-state index contributed by atoms with van der Waals surface area (Å²) in [6.07, 6.45) is 1.35. The van der Waals surface area contributed by atoms with Gasteiger partial charge in [0.15, 0.2) is 23.0 Å². The van der Waals surface area contributed by atoms with Crippen LogP contribution < -0.4 is 40.0 Å². The molecule has 17 nitrogen and oxygen atoms in total. The van der Waals surface area contributed by atoms with Crippen molar-refractivity contribution in [3.05, 3.63) is 177 Å². The number of piperidine rings is 2. The molecule has 6 aromatic rings. The van der Waals surface area contributed by atoms with Gasteiger partial charge >= 0.3 is 5.97 Å². The van der Waals surface area contributed by atoms with Gasteiger partial charge in [0.2, 0.25) is 0 Å². The first-order chi connectivity index (χ1) is 38.8. The van der Waals surface area contributed by atoms with Crippen molar-refractivity contribution in [3.8, 4) is 23.0 Å². The van der Waals surface area contributed by atoms with E-state index in [2.05, 4.69) is 25.3 Å². The van der Waals surface area contributed by atoms with Crippen LogP contribution in [0.5, 0.6) is 23.0 Å². The Morgan fingerprint density at radius 1 is 0.571 bits per heavy atom. The average molecular weight is 1160 g/mol. The first kappa shape index (κ1) is 66.3. The van der Waals surface area contributed by atoms with E-state index in [0.29, 0.717) is 91.7 Å². The minimum Gasteiger partial charge on any atom is -0.493 e. The maximum absolute atomic E-state index is 13.8. The zero-order valence-electron chi connectivity index (χ0n) is 46.8. The number of aromatic carboxylic acids is 1. The second kappa shape index (κ2) is 28.6. The van der Waals surface area contributed by atoms with Crippen LogP contribution in [0.15, 0.2) is 132 Å². The lowest BCUT2D eigenvalue weighted by Gasteiger charge is -2.37. The average Bonchev–Trinajstić information content (AvgIpc) is 1.92. The summed E-state index contributed by atoms with van der Waals surface area (Å²) in [4.78, 5) is 54.8. The fourth-order valence-electron chi connectivity index (χ4n) is 10.3. The second-order valence-corrected chi connectivity index (χ2v) is 20.7. The predicted octanol–water partition coefficient (Wildman–Crippen LogP) is 11.2. The van der Waals surface area contributed by atoms with E-state index >= 15 is 0 Å². The summed E-state index contributed by atoms with van der Waals surface area (Å²) in [5.41, 5.74) is 12.6. The molecular formula is C65H80F2N8O9. The number of nitrogens with zero attached hydrogens (tertiary/aromatic N) is 6. The Balaban J connectivity index is 0.000000256. The number of hydrazone groups is 2. The van der Waals surface area contributed by atoms with Gasteiger partial charge < -0.3 is 35.1 Å². The van der Waals surface area contributed by atoms with Crippen molar-refractivity contribution in [2.24, 2.45) is 26.8 Å². The van der Waals surface area contributed by atoms with E-state index in [4.69, 9.17) is 29.8 Å². The number of aryl methyl sites for hydroxylation is 2. The maximum Gasteiger partial charge on any atom is 0.335 e. The lowest BCUT2D eigenvalue weighted by molar-refractivity contribution is -0.125. The number of hydrogen-bond acceptors (Lipinski definition) is 13. The van der Waals surface area contributed by atoms with Crippen molar-refractivity contribution in [3.63, 3.8) is 0 Å². The Hall–Kier alpha value is -8.52. The van der Waals surface area contributed by atoms with Crippen molar-refractivity contribution >= 4 is 46.5 Å². The Labute approximate surface area is 492 Å². The molecule has 0 radical (unpaired) electrons. The normalized spacial score (nSPS) is 17.8. The summed E-state index contributed by atoms with van der Waals surface area (Å²) >= 11 is 0. The topological polar surface area (TPSA) is 201 Å². The van der Waals surface area contributed by atoms with E-state index < -0.39 is 16.8 Å². The van der Waals surface area contributed by atoms with Gasteiger partial charge in [-0.15, -0.1) is 0 Å². The number of amides is 3. The highest BCUT2D eigenvalue weighted by atomic mass is 19.1. The molecule has 0 aliphatic carbocycles. The van der Waals surface area contributed by atoms with E-state index in [0.717, 1.165) is 58.3 Å². The van der Waals surface area contributed by atoms with Gasteiger partial charge in [-0.3, -0.25) is 24.2 Å². The van der Waals surface area contributed by atoms with Gasteiger partial charge in [0.05, 0.1) is 56.8 Å². The molecule has 10 rings (SSSR count). The van der Waals surface area contributed by atoms with Gasteiger partial charge in [-0.25, -0.2) is 13.6 Å². The van der Waals surface area contributed by atoms with Crippen molar-refractivity contribution in [1.82, 2.24) is 15.1 Å². The molecular weight excluding hydrogens is 1070 g/mol. The largest absolute Gasteiger partial charge is 0.493 e. The molecule has 4 N–H and O–H groups in total. The third kappa shape index (κ3) is 14.6. The third-order valence-electron chi connectivity index (χ3n) is 15.0. The fraction of sp³-hybridized carbons (Fsp3) is 0.354. The van der Waals surface area contributed by atoms with Gasteiger partial charge in [0.1, 0.15) is 22.5 Å². The molecule has 448 valence electrons. The van der Waals surface area contributed by atoms with Crippen molar-refractivity contribution in [2.45, 2.75) is 89.0 Å². The fourth-order valence-corrected chi connectivity index (χ4v) is 10.3. The standard InChI is InChI=1S/C31H33FN4O4.C22H22FN3O3.C9H13NO2.3CH4/c1-20-15-24(10-11-25(20)32)36-30(38)31(2)19-35(14-13-28(31)34-36)18-21-5-8-23(9-6-21)29(37)33-17-22-7-12-26(39-3)27(16-22)40-4;1-14-11-17(7-8-18(14)23)26-21(29)22(2)13-25(10-9-19(22)24-26)12-15-3-5-16(6-4-15)20(27)28;1-11-8-4-3-7(6-10)5-9(8)12-2;;;/h5-12,15-16H,13-14,17-19H2,1-4H3,(H,33,37);3-8,11H,9-10,12-13H2,1-2H3,(H,27,28);3-5H,6,10H2,1-2H3;3*1H4. The minimum absolute atomic E-state index is 0. The SMILES string of the molecule is C.C.C.COc1ccc(CN)cc1OC.COc1ccc(CNC(=O)c2ccc(CN3CCC4=NN(c5ccc(F)c(C)c5)C(=O)C4(C)C3)cc2)cc1OC.Cc1cc(N2N=C3CCN(Cc4ccc(C(=O)O)cc4)CC3(C)C2=O)ccc1F. The minimum atomic E-state index is -0.949. The van der Waals surface area contributed by atoms with Crippen molar-refractivity contribution < 1.29 is 52.0 Å². The van der Waals surface area contributed by atoms with Crippen LogP contribution in [0.4, 0.5) is 20.2 Å². The number of nitrogens with two attached hydrogens (primary N) is 1. The monoisotopic (exact) mass is 1150 g/mol. The summed E-state index contributed by atoms with van der Waals surface area (Å²) in [6.45, 7) is 11.9. The summed E-state index contributed by atoms with van der Waals surface area (Å²) in [7, 11) is 6.38. The Kier molecular flexibility index (Phi) is 22.6. The van der Waals surface area contributed by atoms with E-state index in [9.17, 15) is 28.0 Å². The number of halogens is 2. The zero-order chi connectivity index (χ0) is 58.2. The number of likely N-dealkylation sites (tertiary alicyclic amines) is 2. The molecule has 0 bridgehead atoms. The number of nitrogens with one attached hydrogen (secondary N) is 1. The van der Waals surface area contributed by atoms with Crippen LogP contribution in [0.2, 0.25) is 0 Å². The molecule has 2 saturated heterocycles. The van der Waals surface area contributed by atoms with Gasteiger partial charge in [0.25, 0.3) is 17.7 Å². The number of anilines is 2. The van der Waals surface area contributed by atoms with Crippen molar-refractivity contribution in [1.29, 1.82) is 0 Å². The number of carbonyl (C=O) groups excluding carboxylic acids is 3. The van der Waals surface area contributed by atoms with Crippen LogP contribution in [0.25, 0.3) is 0 Å². The number of ether oxygens (including phenoxy) is 4. The number of carboxylic acid groups (broad SMARTS) is 1. The summed E-state index contributed by atoms with van der Waals surface area (Å²) in [6, 6.07) is 34.7. The quantitative estimate of drug-likeness (QED) is 0.0880. The first-order valence-electron chi connectivity index (χ1n) is 26.4. The Bertz CT molecular complexity index is 3380. The smallest absolute Gasteiger partial charge is 0.335 e. The number of benzene rings is 6. The summed E-state index contributed by atoms with van der Waals surface area (Å²) < 4.78 is 48.1. The molecule has 3 amide bonds. The molecule has 4 aliphatic rings. The van der Waals surface area contributed by atoms with Gasteiger partial charge in [-0.1, -0.05) is 58.7 Å². The maximum atomic E-state index is 13.8. The third-order valence-corrected chi connectivity index (χ3v) is 15.0. The number of hydrogen-bond donors (Lipinski definition) is 3. The van der Waals surface area contributed by atoms with Crippen molar-refractivity contribution in [2.75, 3.05) is 64.6 Å². The molecule has 0 spiro atoms. The predicted molar refractivity (Wildman–Crippen MR) is 326 cm³/mol. The molecule has 2 fully saturated rings. The molecule has 2 atom stereocenters. The van der Waals surface area contributed by atoms with Crippen LogP contribution in [0.1, 0.15) is 103 Å². The van der Waals surface area contributed by atoms with E-state index in [1.807, 2.05) is 74.5 Å². The highest BCUT2D eigenvalue weighted by molar-refractivity contribution is 6.20. The molecule has 6 aromatic carbocycles. The number of fused-ring (bicyclic) bond motifs is 2. The van der Waals surface area contributed by atoms with E-state index in [1.165, 1.54) is 22.2 Å². The Morgan fingerprint density at radius 2 is 0.964 bits per heavy atom. The van der Waals surface area contributed by atoms with Crippen LogP contribution in [0.3, 0.4) is 0 Å². The summed E-state index contributed by atoms with van der Waals surface area (Å²) in [5, 5.41) is 24.0.